The Labute approximate surface area is 93.8 Å². The van der Waals surface area contributed by atoms with Crippen molar-refractivity contribution in [2.24, 2.45) is 0 Å². The smallest absolute Gasteiger partial charge is 0.387 e. The lowest BCUT2D eigenvalue weighted by Gasteiger charge is -2.04. The molecule has 0 aliphatic carbocycles. The number of hydrogen-bond donors (Lipinski definition) is 0. The first-order chi connectivity index (χ1) is 8.08. The highest BCUT2D eigenvalue weighted by Gasteiger charge is 2.13. The van der Waals surface area contributed by atoms with E-state index in [4.69, 9.17) is 0 Å². The molecule has 2 aromatic rings. The van der Waals surface area contributed by atoms with E-state index in [0.717, 1.165) is 6.20 Å². The molecule has 1 aromatic heterocycles. The minimum Gasteiger partial charge on any atom is -0.433 e. The van der Waals surface area contributed by atoms with Crippen LogP contribution in [0.25, 0.3) is 10.9 Å². The number of nitro groups is 1. The largest absolute Gasteiger partial charge is 0.433 e. The monoisotopic (exact) mass is 240 g/mol. The van der Waals surface area contributed by atoms with Crippen LogP contribution >= 0.6 is 0 Å². The zero-order valence-electron chi connectivity index (χ0n) is 8.34. The van der Waals surface area contributed by atoms with E-state index < -0.39 is 11.5 Å². The first-order valence-corrected chi connectivity index (χ1v) is 4.56. The molecule has 0 saturated heterocycles. The Hall–Kier alpha value is -2.31. The number of aromatic nitrogens is 1. The predicted octanol–water partition coefficient (Wildman–Crippen LogP) is 2.74. The number of hydrogen-bond acceptors (Lipinski definition) is 4. The minimum absolute atomic E-state index is 0.131. The molecule has 0 radical (unpaired) electrons. The zero-order valence-corrected chi connectivity index (χ0v) is 8.34. The van der Waals surface area contributed by atoms with Gasteiger partial charge < -0.3 is 4.74 Å². The van der Waals surface area contributed by atoms with Crippen LogP contribution in [0.1, 0.15) is 0 Å². The molecule has 0 N–H and O–H groups in total. The number of nitrogens with zero attached hydrogens (tertiary/aromatic N) is 2. The van der Waals surface area contributed by atoms with E-state index in [1.165, 1.54) is 24.3 Å². The molecule has 0 unspecified atom stereocenters. The van der Waals surface area contributed by atoms with Crippen LogP contribution in [-0.2, 0) is 0 Å². The van der Waals surface area contributed by atoms with Crippen LogP contribution in [0.3, 0.4) is 0 Å². The molecule has 0 spiro atoms. The van der Waals surface area contributed by atoms with E-state index in [0.29, 0.717) is 5.39 Å². The van der Waals surface area contributed by atoms with E-state index in [1.54, 1.807) is 0 Å². The molecular weight excluding hydrogens is 234 g/mol. The number of halogens is 2. The molecule has 0 aliphatic rings. The van der Waals surface area contributed by atoms with E-state index in [2.05, 4.69) is 9.72 Å². The molecule has 17 heavy (non-hydrogen) atoms. The van der Waals surface area contributed by atoms with Crippen molar-refractivity contribution in [1.29, 1.82) is 0 Å². The summed E-state index contributed by atoms with van der Waals surface area (Å²) in [6.07, 6.45) is 1.03. The third kappa shape index (κ3) is 2.27. The van der Waals surface area contributed by atoms with Gasteiger partial charge in [0, 0.05) is 11.5 Å². The average Bonchev–Trinajstić information content (AvgIpc) is 2.26. The number of non-ortho nitro benzene ring substituents is 1. The maximum atomic E-state index is 12.0. The van der Waals surface area contributed by atoms with Gasteiger partial charge in [0.2, 0.25) is 0 Å². The van der Waals surface area contributed by atoms with Crippen LogP contribution in [0, 0.1) is 10.1 Å². The number of nitro benzene ring substituents is 1. The second-order valence-corrected chi connectivity index (χ2v) is 3.16. The topological polar surface area (TPSA) is 65.3 Å². The standard InChI is InChI=1S/C10H6F2N2O3/c11-10(12)17-7-4-6-2-1-3-8(14(15)16)9(6)13-5-7/h1-5,10H. The lowest BCUT2D eigenvalue weighted by atomic mass is 10.2. The Morgan fingerprint density at radius 3 is 2.82 bits per heavy atom. The van der Waals surface area contributed by atoms with E-state index in [-0.39, 0.29) is 17.0 Å². The second kappa shape index (κ2) is 4.28. The van der Waals surface area contributed by atoms with Gasteiger partial charge in [-0.3, -0.25) is 10.1 Å². The molecule has 0 fully saturated rings. The lowest BCUT2D eigenvalue weighted by molar-refractivity contribution is -0.383. The summed E-state index contributed by atoms with van der Waals surface area (Å²) in [5.74, 6) is -0.131. The number of ether oxygens (including phenoxy) is 1. The van der Waals surface area contributed by atoms with Gasteiger partial charge in [-0.05, 0) is 6.07 Å². The van der Waals surface area contributed by atoms with Crippen LogP contribution in [0.2, 0.25) is 0 Å². The van der Waals surface area contributed by atoms with Gasteiger partial charge in [0.1, 0.15) is 11.3 Å². The first-order valence-electron chi connectivity index (χ1n) is 4.56. The number of benzene rings is 1. The van der Waals surface area contributed by atoms with Crippen molar-refractivity contribution >= 4 is 16.6 Å². The minimum atomic E-state index is -2.95. The molecule has 88 valence electrons. The summed E-state index contributed by atoms with van der Waals surface area (Å²) in [4.78, 5) is 13.9. The fourth-order valence-corrected chi connectivity index (χ4v) is 1.44. The Balaban J connectivity index is 2.53. The average molecular weight is 240 g/mol. The predicted molar refractivity (Wildman–Crippen MR) is 55.0 cm³/mol. The molecule has 5 nitrogen and oxygen atoms in total. The summed E-state index contributed by atoms with van der Waals surface area (Å²) < 4.78 is 28.1. The fourth-order valence-electron chi connectivity index (χ4n) is 1.44. The van der Waals surface area contributed by atoms with Crippen molar-refractivity contribution in [3.05, 3.63) is 40.6 Å². The second-order valence-electron chi connectivity index (χ2n) is 3.16. The maximum Gasteiger partial charge on any atom is 0.387 e. The van der Waals surface area contributed by atoms with Crippen LogP contribution < -0.4 is 4.74 Å². The number of alkyl halides is 2. The quantitative estimate of drug-likeness (QED) is 0.611. The number of fused-ring (bicyclic) bond motifs is 1. The Morgan fingerprint density at radius 2 is 2.18 bits per heavy atom. The van der Waals surface area contributed by atoms with Gasteiger partial charge in [-0.1, -0.05) is 12.1 Å². The van der Waals surface area contributed by atoms with E-state index in [1.807, 2.05) is 0 Å². The summed E-state index contributed by atoms with van der Waals surface area (Å²) >= 11 is 0. The van der Waals surface area contributed by atoms with Gasteiger partial charge in [-0.2, -0.15) is 8.78 Å². The van der Waals surface area contributed by atoms with Crippen molar-refractivity contribution in [2.45, 2.75) is 6.61 Å². The van der Waals surface area contributed by atoms with Gasteiger partial charge in [-0.25, -0.2) is 4.98 Å². The summed E-state index contributed by atoms with van der Waals surface area (Å²) in [7, 11) is 0. The molecule has 0 aliphatic heterocycles. The summed E-state index contributed by atoms with van der Waals surface area (Å²) in [6, 6.07) is 5.56. The molecule has 0 amide bonds. The fraction of sp³-hybridized carbons (Fsp3) is 0.100. The molecular formula is C10H6F2N2O3. The molecule has 0 bridgehead atoms. The van der Waals surface area contributed by atoms with Crippen LogP contribution in [0.15, 0.2) is 30.5 Å². The van der Waals surface area contributed by atoms with Gasteiger partial charge in [0.15, 0.2) is 0 Å². The number of rotatable bonds is 3. The first kappa shape index (κ1) is 11.2. The van der Waals surface area contributed by atoms with Crippen molar-refractivity contribution < 1.29 is 18.4 Å². The summed E-state index contributed by atoms with van der Waals surface area (Å²) in [5, 5.41) is 11.1. The van der Waals surface area contributed by atoms with E-state index >= 15 is 0 Å². The summed E-state index contributed by atoms with van der Waals surface area (Å²) in [5.41, 5.74) is -0.0368. The highest BCUT2D eigenvalue weighted by molar-refractivity contribution is 5.87. The molecule has 1 aromatic carbocycles. The van der Waals surface area contributed by atoms with Gasteiger partial charge in [-0.15, -0.1) is 0 Å². The van der Waals surface area contributed by atoms with Gasteiger partial charge in [0.05, 0.1) is 11.1 Å². The number of para-hydroxylation sites is 1. The Morgan fingerprint density at radius 1 is 1.41 bits per heavy atom. The van der Waals surface area contributed by atoms with Crippen molar-refractivity contribution in [2.75, 3.05) is 0 Å². The lowest BCUT2D eigenvalue weighted by Crippen LogP contribution is -2.02. The molecule has 2 rings (SSSR count). The highest BCUT2D eigenvalue weighted by atomic mass is 19.3. The maximum absolute atomic E-state index is 12.0. The Bertz CT molecular complexity index is 574. The highest BCUT2D eigenvalue weighted by Crippen LogP contribution is 2.26. The Kier molecular flexibility index (Phi) is 2.82. The molecule has 0 atom stereocenters. The van der Waals surface area contributed by atoms with Crippen LogP contribution in [-0.4, -0.2) is 16.5 Å². The SMILES string of the molecule is O=[N+]([O-])c1cccc2cc(OC(F)F)cnc12. The third-order valence-corrected chi connectivity index (χ3v) is 2.09. The zero-order chi connectivity index (χ0) is 12.4. The van der Waals surface area contributed by atoms with Gasteiger partial charge >= 0.3 is 6.61 Å². The molecule has 1 heterocycles. The summed E-state index contributed by atoms with van der Waals surface area (Å²) in [6.45, 7) is -2.95. The van der Waals surface area contributed by atoms with Crippen molar-refractivity contribution in [3.8, 4) is 5.75 Å². The van der Waals surface area contributed by atoms with Crippen LogP contribution in [0.5, 0.6) is 5.75 Å². The van der Waals surface area contributed by atoms with Gasteiger partial charge in [0.25, 0.3) is 5.69 Å². The molecule has 0 saturated carbocycles. The van der Waals surface area contributed by atoms with E-state index in [9.17, 15) is 18.9 Å². The van der Waals surface area contributed by atoms with Crippen LogP contribution in [0.4, 0.5) is 14.5 Å². The normalized spacial score (nSPS) is 10.8. The van der Waals surface area contributed by atoms with Crippen molar-refractivity contribution in [3.63, 3.8) is 0 Å². The molecule has 7 heteroatoms. The number of pyridine rings is 1. The third-order valence-electron chi connectivity index (χ3n) is 2.09. The van der Waals surface area contributed by atoms with Crippen molar-refractivity contribution in [1.82, 2.24) is 4.98 Å².